The number of fused-ring (bicyclic) bond motifs is 2. The molecule has 0 saturated carbocycles. The summed E-state index contributed by atoms with van der Waals surface area (Å²) in [6.45, 7) is 0. The molecule has 232 valence electrons. The highest BCUT2D eigenvalue weighted by molar-refractivity contribution is 9.10. The first-order valence-corrected chi connectivity index (χ1v) is 17.5. The zero-order valence-corrected chi connectivity index (χ0v) is 29.1. The second-order valence-corrected chi connectivity index (χ2v) is 13.8. The van der Waals surface area contributed by atoms with Crippen LogP contribution >= 0.6 is 31.9 Å². The lowest BCUT2D eigenvalue weighted by Gasteiger charge is -2.14. The van der Waals surface area contributed by atoms with Gasteiger partial charge in [0.05, 0.1) is 12.1 Å². The Balaban J connectivity index is 0.000000152. The Labute approximate surface area is 297 Å². The number of hydrogen-bond acceptors (Lipinski definition) is 4. The fourth-order valence-corrected chi connectivity index (χ4v) is 7.89. The number of aliphatic imine (C=N–C) groups is 2. The van der Waals surface area contributed by atoms with Crippen LogP contribution in [0.2, 0.25) is 0 Å². The Morgan fingerprint density at radius 2 is 0.854 bits per heavy atom. The molecule has 0 saturated heterocycles. The summed E-state index contributed by atoms with van der Waals surface area (Å²) in [6.07, 6.45) is 1.58. The maximum atomic E-state index is 9.55. The third-order valence-corrected chi connectivity index (χ3v) is 10.7. The van der Waals surface area contributed by atoms with Crippen molar-refractivity contribution < 1.29 is 0 Å². The lowest BCUT2D eigenvalue weighted by molar-refractivity contribution is 0.684. The summed E-state index contributed by atoms with van der Waals surface area (Å²) in [7, 11) is 0. The molecule has 6 aromatic rings. The predicted molar refractivity (Wildman–Crippen MR) is 203 cm³/mol. The average Bonchev–Trinajstić information content (AvgIpc) is 3.77. The van der Waals surface area contributed by atoms with Gasteiger partial charge in [-0.3, -0.25) is 9.98 Å². The average molecular weight is 751 g/mol. The van der Waals surface area contributed by atoms with Crippen LogP contribution in [0.3, 0.4) is 0 Å². The van der Waals surface area contributed by atoms with Crippen molar-refractivity contribution in [2.24, 2.45) is 9.98 Å². The van der Waals surface area contributed by atoms with Crippen LogP contribution in [-0.2, 0) is 0 Å². The molecule has 0 spiro atoms. The van der Waals surface area contributed by atoms with Gasteiger partial charge in [0.25, 0.3) is 0 Å². The van der Waals surface area contributed by atoms with Gasteiger partial charge in [0.2, 0.25) is 0 Å². The van der Waals surface area contributed by atoms with Crippen molar-refractivity contribution in [1.29, 1.82) is 10.5 Å². The lowest BCUT2D eigenvalue weighted by atomic mass is 9.89. The fourth-order valence-electron chi connectivity index (χ4n) is 6.73. The van der Waals surface area contributed by atoms with Crippen molar-refractivity contribution in [3.8, 4) is 12.1 Å². The Morgan fingerprint density at radius 1 is 0.479 bits per heavy atom. The van der Waals surface area contributed by atoms with Crippen LogP contribution in [0, 0.1) is 22.7 Å². The number of hydrogen-bond donors (Lipinski definition) is 0. The van der Waals surface area contributed by atoms with Crippen LogP contribution in [0.5, 0.6) is 0 Å². The number of nitriles is 2. The molecule has 4 atom stereocenters. The van der Waals surface area contributed by atoms with E-state index in [0.717, 1.165) is 55.5 Å². The first-order valence-electron chi connectivity index (χ1n) is 15.9. The molecule has 6 heteroatoms. The molecule has 0 N–H and O–H groups in total. The minimum Gasteiger partial charge on any atom is -0.270 e. The van der Waals surface area contributed by atoms with E-state index < -0.39 is 0 Å². The van der Waals surface area contributed by atoms with Crippen LogP contribution in [0.1, 0.15) is 46.9 Å². The number of nitrogens with zero attached hydrogens (tertiary/aromatic N) is 4. The molecule has 2 heterocycles. The van der Waals surface area contributed by atoms with Gasteiger partial charge < -0.3 is 0 Å². The molecular formula is C42H30Br2N4. The molecule has 0 fully saturated rings. The highest BCUT2D eigenvalue weighted by Crippen LogP contribution is 2.38. The second kappa shape index (κ2) is 14.1. The highest BCUT2D eigenvalue weighted by Gasteiger charge is 2.33. The maximum Gasteiger partial charge on any atom is 0.144 e. The van der Waals surface area contributed by atoms with Gasteiger partial charge in [-0.2, -0.15) is 10.5 Å². The Kier molecular flexibility index (Phi) is 9.30. The van der Waals surface area contributed by atoms with Gasteiger partial charge >= 0.3 is 0 Å². The maximum absolute atomic E-state index is 9.55. The first-order chi connectivity index (χ1) is 23.5. The zero-order chi connectivity index (χ0) is 33.0. The molecule has 0 radical (unpaired) electrons. The van der Waals surface area contributed by atoms with Gasteiger partial charge in [-0.25, -0.2) is 0 Å². The molecule has 0 aliphatic carbocycles. The highest BCUT2D eigenvalue weighted by atomic mass is 79.9. The predicted octanol–water partition coefficient (Wildman–Crippen LogP) is 10.9. The molecular weight excluding hydrogens is 720 g/mol. The topological polar surface area (TPSA) is 72.3 Å². The SMILES string of the molecule is N#C[C@@H]1N=C(c2ccc3ccccc3c2)C[C@H]1c1ccccc1Br.N#C[C@H]1N=C(c2ccc3ccccc3c2)C[C@@H]1c1ccccc1Br. The molecule has 2 aliphatic rings. The number of halogens is 2. The Bertz CT molecular complexity index is 2130. The largest absolute Gasteiger partial charge is 0.270 e. The van der Waals surface area contributed by atoms with E-state index in [2.05, 4.69) is 117 Å². The van der Waals surface area contributed by atoms with Crippen molar-refractivity contribution in [2.75, 3.05) is 0 Å². The number of rotatable bonds is 4. The van der Waals surface area contributed by atoms with Gasteiger partial charge in [0.15, 0.2) is 0 Å². The third kappa shape index (κ3) is 6.47. The summed E-state index contributed by atoms with van der Waals surface area (Å²) in [5.74, 6) is 0.207. The van der Waals surface area contributed by atoms with E-state index in [1.54, 1.807) is 0 Å². The van der Waals surface area contributed by atoms with E-state index in [9.17, 15) is 10.5 Å². The minimum atomic E-state index is -0.329. The summed E-state index contributed by atoms with van der Waals surface area (Å²) in [4.78, 5) is 9.43. The molecule has 4 nitrogen and oxygen atoms in total. The van der Waals surface area contributed by atoms with Crippen molar-refractivity contribution in [3.05, 3.63) is 165 Å². The van der Waals surface area contributed by atoms with Crippen LogP contribution in [-0.4, -0.2) is 23.5 Å². The van der Waals surface area contributed by atoms with E-state index in [1.807, 2.05) is 60.7 Å². The summed E-state index contributed by atoms with van der Waals surface area (Å²) >= 11 is 7.22. The Hall–Kier alpha value is -4.88. The van der Waals surface area contributed by atoms with E-state index in [4.69, 9.17) is 9.98 Å². The number of benzene rings is 6. The Morgan fingerprint density at radius 3 is 1.25 bits per heavy atom. The van der Waals surface area contributed by atoms with Gasteiger partial charge in [-0.1, -0.05) is 141 Å². The monoisotopic (exact) mass is 748 g/mol. The van der Waals surface area contributed by atoms with Crippen LogP contribution < -0.4 is 0 Å². The summed E-state index contributed by atoms with van der Waals surface area (Å²) in [5.41, 5.74) is 6.58. The standard InChI is InChI=1S/2C21H15BrN2/c2*22-19-8-4-3-7-17(19)18-12-20(24-21(18)13-23)16-10-9-14-5-1-2-6-15(14)11-16/h2*1-11,18,21H,12H2/t2*18-,21-/m10/s1. The van der Waals surface area contributed by atoms with Crippen LogP contribution in [0.4, 0.5) is 0 Å². The summed E-state index contributed by atoms with van der Waals surface area (Å²) in [6, 6.07) is 49.8. The molecule has 48 heavy (non-hydrogen) atoms. The van der Waals surface area contributed by atoms with Crippen LogP contribution in [0.25, 0.3) is 21.5 Å². The van der Waals surface area contributed by atoms with Gasteiger partial charge in [-0.15, -0.1) is 0 Å². The van der Waals surface area contributed by atoms with Gasteiger partial charge in [0.1, 0.15) is 12.1 Å². The molecule has 6 aromatic carbocycles. The van der Waals surface area contributed by atoms with E-state index in [1.165, 1.54) is 21.5 Å². The van der Waals surface area contributed by atoms with Crippen LogP contribution in [0.15, 0.2) is 152 Å². The van der Waals surface area contributed by atoms with Crippen molar-refractivity contribution >= 4 is 64.8 Å². The first kappa shape index (κ1) is 31.7. The normalized spacial score (nSPS) is 19.9. The molecule has 0 aromatic heterocycles. The van der Waals surface area contributed by atoms with Crippen molar-refractivity contribution in [2.45, 2.75) is 36.8 Å². The zero-order valence-electron chi connectivity index (χ0n) is 26.0. The van der Waals surface area contributed by atoms with E-state index in [0.29, 0.717) is 0 Å². The fraction of sp³-hybridized carbons (Fsp3) is 0.143. The van der Waals surface area contributed by atoms with E-state index in [-0.39, 0.29) is 23.9 Å². The minimum absolute atomic E-state index is 0.104. The molecule has 0 amide bonds. The molecule has 8 rings (SSSR count). The van der Waals surface area contributed by atoms with Gasteiger partial charge in [0, 0.05) is 32.2 Å². The van der Waals surface area contributed by atoms with Crippen molar-refractivity contribution in [1.82, 2.24) is 0 Å². The molecule has 2 aliphatic heterocycles. The summed E-state index contributed by atoms with van der Waals surface area (Å²) in [5, 5.41) is 24.0. The second-order valence-electron chi connectivity index (χ2n) is 12.1. The van der Waals surface area contributed by atoms with Gasteiger partial charge in [-0.05, 0) is 80.9 Å². The third-order valence-electron chi connectivity index (χ3n) is 9.22. The smallest absolute Gasteiger partial charge is 0.144 e. The van der Waals surface area contributed by atoms with Crippen molar-refractivity contribution in [3.63, 3.8) is 0 Å². The van der Waals surface area contributed by atoms with E-state index >= 15 is 0 Å². The molecule has 0 unspecified atom stereocenters. The molecule has 0 bridgehead atoms. The quantitative estimate of drug-likeness (QED) is 0.180. The summed E-state index contributed by atoms with van der Waals surface area (Å²) < 4.78 is 2.09. The lowest BCUT2D eigenvalue weighted by Crippen LogP contribution is -2.10.